The van der Waals surface area contributed by atoms with Gasteiger partial charge >= 0.3 is 0 Å². The molecule has 0 aromatic heterocycles. The number of halogens is 2. The van der Waals surface area contributed by atoms with Gasteiger partial charge in [-0.15, -0.1) is 0 Å². The minimum Gasteiger partial charge on any atom is -0.395 e. The lowest BCUT2D eigenvalue weighted by molar-refractivity contribution is 0.251. The van der Waals surface area contributed by atoms with Crippen LogP contribution in [0.25, 0.3) is 0 Å². The number of benzene rings is 1. The van der Waals surface area contributed by atoms with Crippen molar-refractivity contribution < 1.29 is 13.9 Å². The van der Waals surface area contributed by atoms with E-state index in [1.165, 1.54) is 6.07 Å². The van der Waals surface area contributed by atoms with Crippen LogP contribution in [-0.2, 0) is 5.41 Å². The van der Waals surface area contributed by atoms with Gasteiger partial charge < -0.3 is 5.11 Å². The summed E-state index contributed by atoms with van der Waals surface area (Å²) in [5.74, 6) is -1.65. The molecule has 1 aromatic rings. The van der Waals surface area contributed by atoms with E-state index < -0.39 is 17.0 Å². The Morgan fingerprint density at radius 1 is 1.31 bits per heavy atom. The van der Waals surface area contributed by atoms with Crippen LogP contribution in [0.2, 0.25) is 0 Å². The van der Waals surface area contributed by atoms with E-state index in [1.54, 1.807) is 6.07 Å². The van der Waals surface area contributed by atoms with Crippen LogP contribution in [0.5, 0.6) is 0 Å². The highest BCUT2D eigenvalue weighted by atomic mass is 19.2. The van der Waals surface area contributed by atoms with Crippen molar-refractivity contribution in [2.75, 3.05) is 6.61 Å². The number of aliphatic hydroxyl groups excluding tert-OH is 1. The SMILES string of the molecule is OCC1(c2cccc(F)c2F)CC1. The standard InChI is InChI=1S/C10H10F2O/c11-8-3-1-2-7(9(8)12)10(6-13)4-5-10/h1-3,13H,4-6H2. The molecule has 0 bridgehead atoms. The highest BCUT2D eigenvalue weighted by Crippen LogP contribution is 2.48. The van der Waals surface area contributed by atoms with E-state index in [0.29, 0.717) is 5.56 Å². The van der Waals surface area contributed by atoms with E-state index in [2.05, 4.69) is 0 Å². The topological polar surface area (TPSA) is 20.2 Å². The Labute approximate surface area is 75.0 Å². The van der Waals surface area contributed by atoms with Gasteiger partial charge in [0.2, 0.25) is 0 Å². The first-order valence-electron chi connectivity index (χ1n) is 4.25. The molecule has 0 spiro atoms. The van der Waals surface area contributed by atoms with Gasteiger partial charge in [-0.3, -0.25) is 0 Å². The van der Waals surface area contributed by atoms with Crippen LogP contribution in [0.15, 0.2) is 18.2 Å². The van der Waals surface area contributed by atoms with E-state index >= 15 is 0 Å². The van der Waals surface area contributed by atoms with Gasteiger partial charge in [-0.2, -0.15) is 0 Å². The van der Waals surface area contributed by atoms with Gasteiger partial charge in [0.15, 0.2) is 11.6 Å². The van der Waals surface area contributed by atoms with Crippen LogP contribution in [-0.4, -0.2) is 11.7 Å². The zero-order valence-electron chi connectivity index (χ0n) is 7.06. The lowest BCUT2D eigenvalue weighted by Crippen LogP contribution is -2.14. The molecule has 0 heterocycles. The number of aliphatic hydroxyl groups is 1. The lowest BCUT2D eigenvalue weighted by atomic mass is 9.96. The van der Waals surface area contributed by atoms with E-state index in [0.717, 1.165) is 18.9 Å². The Balaban J connectivity index is 2.46. The van der Waals surface area contributed by atoms with Crippen molar-refractivity contribution in [1.29, 1.82) is 0 Å². The molecule has 2 rings (SSSR count). The van der Waals surface area contributed by atoms with Crippen molar-refractivity contribution in [3.05, 3.63) is 35.4 Å². The van der Waals surface area contributed by atoms with Crippen LogP contribution in [0, 0.1) is 11.6 Å². The van der Waals surface area contributed by atoms with E-state index in [-0.39, 0.29) is 6.61 Å². The van der Waals surface area contributed by atoms with Gasteiger partial charge in [-0.1, -0.05) is 12.1 Å². The third-order valence-corrected chi connectivity index (χ3v) is 2.68. The molecule has 0 atom stereocenters. The molecule has 1 aromatic carbocycles. The summed E-state index contributed by atoms with van der Waals surface area (Å²) in [5, 5.41) is 9.04. The second-order valence-corrected chi connectivity index (χ2v) is 3.54. The van der Waals surface area contributed by atoms with Crippen LogP contribution in [0.3, 0.4) is 0 Å². The van der Waals surface area contributed by atoms with Gasteiger partial charge in [0.25, 0.3) is 0 Å². The summed E-state index contributed by atoms with van der Waals surface area (Å²) in [4.78, 5) is 0. The summed E-state index contributed by atoms with van der Waals surface area (Å²) in [5.41, 5.74) is -0.179. The van der Waals surface area contributed by atoms with Gasteiger partial charge in [0.05, 0.1) is 6.61 Å². The molecule has 3 heteroatoms. The molecule has 0 radical (unpaired) electrons. The van der Waals surface area contributed by atoms with Crippen molar-refractivity contribution in [2.24, 2.45) is 0 Å². The highest BCUT2D eigenvalue weighted by molar-refractivity contribution is 5.33. The molecule has 13 heavy (non-hydrogen) atoms. The van der Waals surface area contributed by atoms with Gasteiger partial charge in [-0.05, 0) is 24.5 Å². The number of hydrogen-bond donors (Lipinski definition) is 1. The van der Waals surface area contributed by atoms with E-state index in [9.17, 15) is 8.78 Å². The Kier molecular flexibility index (Phi) is 1.84. The van der Waals surface area contributed by atoms with E-state index in [1.807, 2.05) is 0 Å². The van der Waals surface area contributed by atoms with Crippen molar-refractivity contribution in [3.8, 4) is 0 Å². The predicted molar refractivity (Wildman–Crippen MR) is 44.4 cm³/mol. The largest absolute Gasteiger partial charge is 0.395 e. The van der Waals surface area contributed by atoms with Gasteiger partial charge in [-0.25, -0.2) is 8.78 Å². The highest BCUT2D eigenvalue weighted by Gasteiger charge is 2.45. The molecule has 1 nitrogen and oxygen atoms in total. The van der Waals surface area contributed by atoms with Crippen molar-refractivity contribution in [3.63, 3.8) is 0 Å². The second kappa shape index (κ2) is 2.77. The Morgan fingerprint density at radius 3 is 2.54 bits per heavy atom. The maximum absolute atomic E-state index is 13.2. The molecule has 70 valence electrons. The van der Waals surface area contributed by atoms with E-state index in [4.69, 9.17) is 5.11 Å². The summed E-state index contributed by atoms with van der Waals surface area (Å²) < 4.78 is 26.1. The summed E-state index contributed by atoms with van der Waals surface area (Å²) >= 11 is 0. The number of rotatable bonds is 2. The van der Waals surface area contributed by atoms with Gasteiger partial charge in [0.1, 0.15) is 0 Å². The monoisotopic (exact) mass is 184 g/mol. The summed E-state index contributed by atoms with van der Waals surface area (Å²) in [7, 11) is 0. The predicted octanol–water partition coefficient (Wildman–Crippen LogP) is 1.99. The quantitative estimate of drug-likeness (QED) is 0.745. The molecular formula is C10H10F2O. The van der Waals surface area contributed by atoms with Crippen molar-refractivity contribution in [1.82, 2.24) is 0 Å². The van der Waals surface area contributed by atoms with Crippen LogP contribution in [0.1, 0.15) is 18.4 Å². The lowest BCUT2D eigenvalue weighted by Gasteiger charge is -2.12. The minimum absolute atomic E-state index is 0.104. The molecule has 1 saturated carbocycles. The molecule has 1 aliphatic carbocycles. The van der Waals surface area contributed by atoms with Crippen LogP contribution < -0.4 is 0 Å². The average Bonchev–Trinajstić information content (AvgIpc) is 2.90. The fourth-order valence-electron chi connectivity index (χ4n) is 1.58. The smallest absolute Gasteiger partial charge is 0.162 e. The van der Waals surface area contributed by atoms with Gasteiger partial charge in [0, 0.05) is 5.41 Å². The molecule has 0 unspecified atom stereocenters. The molecule has 0 saturated heterocycles. The first-order chi connectivity index (χ1) is 6.19. The third-order valence-electron chi connectivity index (χ3n) is 2.68. The molecule has 1 fully saturated rings. The Bertz CT molecular complexity index is 332. The molecule has 0 amide bonds. The zero-order chi connectivity index (χ0) is 9.47. The number of hydrogen-bond acceptors (Lipinski definition) is 1. The molecule has 1 aliphatic rings. The van der Waals surface area contributed by atoms with Crippen molar-refractivity contribution in [2.45, 2.75) is 18.3 Å². The average molecular weight is 184 g/mol. The third kappa shape index (κ3) is 1.23. The minimum atomic E-state index is -0.836. The summed E-state index contributed by atoms with van der Waals surface area (Å²) in [6.07, 6.45) is 1.48. The fourth-order valence-corrected chi connectivity index (χ4v) is 1.58. The zero-order valence-corrected chi connectivity index (χ0v) is 7.06. The first-order valence-corrected chi connectivity index (χ1v) is 4.25. The normalized spacial score (nSPS) is 18.7. The van der Waals surface area contributed by atoms with Crippen LogP contribution in [0.4, 0.5) is 8.78 Å². The summed E-state index contributed by atoms with van der Waals surface area (Å²) in [6, 6.07) is 4.11. The fraction of sp³-hybridized carbons (Fsp3) is 0.400. The second-order valence-electron chi connectivity index (χ2n) is 3.54. The first kappa shape index (κ1) is 8.63. The van der Waals surface area contributed by atoms with Crippen molar-refractivity contribution >= 4 is 0 Å². The summed E-state index contributed by atoms with van der Waals surface area (Å²) in [6.45, 7) is -0.104. The van der Waals surface area contributed by atoms with Crippen LogP contribution >= 0.6 is 0 Å². The Hall–Kier alpha value is -0.960. The molecule has 0 aliphatic heterocycles. The Morgan fingerprint density at radius 2 is 2.00 bits per heavy atom. The molecule has 1 N–H and O–H groups in total. The maximum Gasteiger partial charge on any atom is 0.162 e. The maximum atomic E-state index is 13.2. The molecular weight excluding hydrogens is 174 g/mol.